The molecule has 0 atom stereocenters. The summed E-state index contributed by atoms with van der Waals surface area (Å²) in [6.07, 6.45) is 1.69. The van der Waals surface area contributed by atoms with E-state index in [1.165, 1.54) is 4.90 Å². The standard InChI is InChI=1S/C15H21ClN2O3/c1-3-12(4-2)17-14(19)9-18(10-15(20)21)13-7-5-6-11(16)8-13/h5-8,12H,3-4,9-10H2,1-2H3,(H,17,19)(H,20,21). The van der Waals surface area contributed by atoms with Crippen LogP contribution >= 0.6 is 11.6 Å². The van der Waals surface area contributed by atoms with Gasteiger partial charge in [-0.25, -0.2) is 0 Å². The number of hydrogen-bond acceptors (Lipinski definition) is 3. The molecule has 116 valence electrons. The average molecular weight is 313 g/mol. The first-order valence-corrected chi connectivity index (χ1v) is 7.35. The zero-order valence-electron chi connectivity index (χ0n) is 12.3. The van der Waals surface area contributed by atoms with Crippen molar-refractivity contribution in [2.24, 2.45) is 0 Å². The quantitative estimate of drug-likeness (QED) is 0.774. The average Bonchev–Trinajstić information content (AvgIpc) is 2.43. The van der Waals surface area contributed by atoms with E-state index in [-0.39, 0.29) is 25.0 Å². The molecular formula is C15H21ClN2O3. The molecular weight excluding hydrogens is 292 g/mol. The van der Waals surface area contributed by atoms with E-state index in [1.807, 2.05) is 13.8 Å². The number of carboxylic acid groups (broad SMARTS) is 1. The second kappa shape index (κ2) is 8.52. The molecule has 0 aliphatic rings. The van der Waals surface area contributed by atoms with Gasteiger partial charge in [-0.2, -0.15) is 0 Å². The summed E-state index contributed by atoms with van der Waals surface area (Å²) in [5.74, 6) is -1.18. The van der Waals surface area contributed by atoms with E-state index < -0.39 is 5.97 Å². The molecule has 0 bridgehead atoms. The van der Waals surface area contributed by atoms with Crippen molar-refractivity contribution < 1.29 is 14.7 Å². The van der Waals surface area contributed by atoms with Gasteiger partial charge in [0.1, 0.15) is 6.54 Å². The lowest BCUT2D eigenvalue weighted by molar-refractivity contribution is -0.135. The lowest BCUT2D eigenvalue weighted by Gasteiger charge is -2.24. The van der Waals surface area contributed by atoms with Crippen molar-refractivity contribution in [3.05, 3.63) is 29.3 Å². The molecule has 0 fully saturated rings. The summed E-state index contributed by atoms with van der Waals surface area (Å²) in [5.41, 5.74) is 0.615. The van der Waals surface area contributed by atoms with Gasteiger partial charge in [0.25, 0.3) is 0 Å². The third-order valence-electron chi connectivity index (χ3n) is 3.18. The van der Waals surface area contributed by atoms with Gasteiger partial charge in [0, 0.05) is 16.8 Å². The lowest BCUT2D eigenvalue weighted by Crippen LogP contribution is -2.43. The Kier molecular flexibility index (Phi) is 7.02. The second-order valence-corrected chi connectivity index (χ2v) is 5.25. The number of hydrogen-bond donors (Lipinski definition) is 2. The van der Waals surface area contributed by atoms with Gasteiger partial charge in [0.05, 0.1) is 6.54 Å². The molecule has 0 aliphatic heterocycles. The Labute approximate surface area is 129 Å². The van der Waals surface area contributed by atoms with Crippen molar-refractivity contribution in [2.45, 2.75) is 32.7 Å². The Hall–Kier alpha value is -1.75. The summed E-state index contributed by atoms with van der Waals surface area (Å²) in [7, 11) is 0. The van der Waals surface area contributed by atoms with Crippen molar-refractivity contribution in [3.63, 3.8) is 0 Å². The molecule has 21 heavy (non-hydrogen) atoms. The maximum atomic E-state index is 12.0. The highest BCUT2D eigenvalue weighted by Crippen LogP contribution is 2.19. The zero-order chi connectivity index (χ0) is 15.8. The molecule has 0 radical (unpaired) electrons. The minimum absolute atomic E-state index is 0.0108. The van der Waals surface area contributed by atoms with Crippen LogP contribution in [0.2, 0.25) is 5.02 Å². The van der Waals surface area contributed by atoms with Gasteiger partial charge in [0.2, 0.25) is 5.91 Å². The molecule has 6 heteroatoms. The molecule has 0 saturated heterocycles. The molecule has 0 aromatic heterocycles. The van der Waals surface area contributed by atoms with E-state index in [9.17, 15) is 9.59 Å². The first kappa shape index (κ1) is 17.3. The van der Waals surface area contributed by atoms with E-state index in [2.05, 4.69) is 5.32 Å². The van der Waals surface area contributed by atoms with Crippen LogP contribution in [0.5, 0.6) is 0 Å². The fourth-order valence-corrected chi connectivity index (χ4v) is 2.20. The molecule has 5 nitrogen and oxygen atoms in total. The van der Waals surface area contributed by atoms with E-state index >= 15 is 0 Å². The van der Waals surface area contributed by atoms with Crippen molar-refractivity contribution in [3.8, 4) is 0 Å². The number of carbonyl (C=O) groups is 2. The number of nitrogens with zero attached hydrogens (tertiary/aromatic N) is 1. The predicted molar refractivity (Wildman–Crippen MR) is 83.8 cm³/mol. The number of halogens is 1. The smallest absolute Gasteiger partial charge is 0.323 e. The Morgan fingerprint density at radius 2 is 1.95 bits per heavy atom. The van der Waals surface area contributed by atoms with Crippen LogP contribution in [0.3, 0.4) is 0 Å². The monoisotopic (exact) mass is 312 g/mol. The SMILES string of the molecule is CCC(CC)NC(=O)CN(CC(=O)O)c1cccc(Cl)c1. The summed E-state index contributed by atoms with van der Waals surface area (Å²) in [6.45, 7) is 3.74. The van der Waals surface area contributed by atoms with Crippen molar-refractivity contribution in [1.82, 2.24) is 5.32 Å². The highest BCUT2D eigenvalue weighted by Gasteiger charge is 2.16. The van der Waals surface area contributed by atoms with E-state index in [1.54, 1.807) is 24.3 Å². The van der Waals surface area contributed by atoms with E-state index in [0.717, 1.165) is 12.8 Å². The highest BCUT2D eigenvalue weighted by atomic mass is 35.5. The van der Waals surface area contributed by atoms with Crippen LogP contribution in [-0.4, -0.2) is 36.1 Å². The fraction of sp³-hybridized carbons (Fsp3) is 0.467. The minimum Gasteiger partial charge on any atom is -0.480 e. The Morgan fingerprint density at radius 3 is 2.48 bits per heavy atom. The van der Waals surface area contributed by atoms with Gasteiger partial charge in [0.15, 0.2) is 0 Å². The van der Waals surface area contributed by atoms with Crippen LogP contribution in [0.1, 0.15) is 26.7 Å². The van der Waals surface area contributed by atoms with Gasteiger partial charge in [-0.05, 0) is 31.0 Å². The Bertz CT molecular complexity index is 490. The molecule has 0 aliphatic carbocycles. The number of amides is 1. The maximum Gasteiger partial charge on any atom is 0.323 e. The number of rotatable bonds is 8. The summed E-state index contributed by atoms with van der Waals surface area (Å²) < 4.78 is 0. The maximum absolute atomic E-state index is 12.0. The summed E-state index contributed by atoms with van der Waals surface area (Å²) in [5, 5.41) is 12.4. The summed E-state index contributed by atoms with van der Waals surface area (Å²) in [6, 6.07) is 6.93. The van der Waals surface area contributed by atoms with Gasteiger partial charge in [-0.1, -0.05) is 31.5 Å². The minimum atomic E-state index is -0.995. The molecule has 2 N–H and O–H groups in total. The van der Waals surface area contributed by atoms with Crippen LogP contribution in [0.4, 0.5) is 5.69 Å². The first-order valence-electron chi connectivity index (χ1n) is 6.97. The summed E-state index contributed by atoms with van der Waals surface area (Å²) >= 11 is 5.92. The van der Waals surface area contributed by atoms with Crippen molar-refractivity contribution in [1.29, 1.82) is 0 Å². The highest BCUT2D eigenvalue weighted by molar-refractivity contribution is 6.30. The molecule has 1 aromatic carbocycles. The van der Waals surface area contributed by atoms with Crippen molar-refractivity contribution >= 4 is 29.2 Å². The van der Waals surface area contributed by atoms with Crippen LogP contribution in [0.25, 0.3) is 0 Å². The fourth-order valence-electron chi connectivity index (χ4n) is 2.01. The van der Waals surface area contributed by atoms with Crippen molar-refractivity contribution in [2.75, 3.05) is 18.0 Å². The Balaban J connectivity index is 2.79. The number of nitrogens with one attached hydrogen (secondary N) is 1. The number of anilines is 1. The van der Waals surface area contributed by atoms with Crippen LogP contribution in [-0.2, 0) is 9.59 Å². The Morgan fingerprint density at radius 1 is 1.29 bits per heavy atom. The summed E-state index contributed by atoms with van der Waals surface area (Å²) in [4.78, 5) is 24.5. The number of carbonyl (C=O) groups excluding carboxylic acids is 1. The lowest BCUT2D eigenvalue weighted by atomic mass is 10.2. The third kappa shape index (κ3) is 6.04. The molecule has 0 heterocycles. The zero-order valence-corrected chi connectivity index (χ0v) is 13.1. The normalized spacial score (nSPS) is 10.5. The van der Waals surface area contributed by atoms with Gasteiger partial charge in [-0.15, -0.1) is 0 Å². The van der Waals surface area contributed by atoms with Gasteiger partial charge >= 0.3 is 5.97 Å². The van der Waals surface area contributed by atoms with E-state index in [4.69, 9.17) is 16.7 Å². The molecule has 0 saturated carbocycles. The van der Waals surface area contributed by atoms with Gasteiger partial charge < -0.3 is 15.3 Å². The predicted octanol–water partition coefficient (Wildman–Crippen LogP) is 2.54. The van der Waals surface area contributed by atoms with Crippen LogP contribution < -0.4 is 10.2 Å². The molecule has 1 rings (SSSR count). The number of aliphatic carboxylic acids is 1. The molecule has 0 unspecified atom stereocenters. The third-order valence-corrected chi connectivity index (χ3v) is 3.42. The first-order chi connectivity index (χ1) is 9.96. The van der Waals surface area contributed by atoms with Gasteiger partial charge in [-0.3, -0.25) is 9.59 Å². The number of carboxylic acids is 1. The van der Waals surface area contributed by atoms with Crippen LogP contribution in [0, 0.1) is 0 Å². The van der Waals surface area contributed by atoms with Crippen LogP contribution in [0.15, 0.2) is 24.3 Å². The molecule has 1 amide bonds. The topological polar surface area (TPSA) is 69.6 Å². The van der Waals surface area contributed by atoms with E-state index in [0.29, 0.717) is 10.7 Å². The number of benzene rings is 1. The second-order valence-electron chi connectivity index (χ2n) is 4.81. The largest absolute Gasteiger partial charge is 0.480 e. The molecule has 1 aromatic rings. The molecule has 0 spiro atoms.